The van der Waals surface area contributed by atoms with Crippen LogP contribution in [-0.4, -0.2) is 23.6 Å². The number of benzene rings is 1. The molecule has 0 unspecified atom stereocenters. The number of nitrogens with one attached hydrogen (secondary N) is 1. The number of hydrogen-bond donors (Lipinski definition) is 1. The predicted octanol–water partition coefficient (Wildman–Crippen LogP) is 0.994. The summed E-state index contributed by atoms with van der Waals surface area (Å²) in [5.74, 6) is 0. The van der Waals surface area contributed by atoms with Gasteiger partial charge in [0.2, 0.25) is 0 Å². The molecule has 118 valence electrons. The van der Waals surface area contributed by atoms with E-state index < -0.39 is 16.2 Å². The minimum atomic E-state index is -0.513. The Kier molecular flexibility index (Phi) is 3.25. The Morgan fingerprint density at radius 1 is 1.13 bits per heavy atom. The fraction of sp³-hybridized carbons (Fsp3) is 0.154. The highest BCUT2D eigenvalue weighted by Gasteiger charge is 2.16. The van der Waals surface area contributed by atoms with E-state index in [9.17, 15) is 19.7 Å². The minimum Gasteiger partial charge on any atom is -0.316 e. The van der Waals surface area contributed by atoms with E-state index in [0.29, 0.717) is 11.3 Å². The van der Waals surface area contributed by atoms with Gasteiger partial charge in [0.05, 0.1) is 4.92 Å². The van der Waals surface area contributed by atoms with Crippen molar-refractivity contribution in [2.45, 2.75) is 0 Å². The normalized spacial score (nSPS) is 11.0. The molecule has 0 atom stereocenters. The smallest absolute Gasteiger partial charge is 0.316 e. The van der Waals surface area contributed by atoms with Crippen LogP contribution in [0.4, 0.5) is 5.69 Å². The summed E-state index contributed by atoms with van der Waals surface area (Å²) >= 11 is 5.24. The maximum Gasteiger partial charge on any atom is 0.332 e. The molecule has 0 bridgehead atoms. The van der Waals surface area contributed by atoms with Crippen LogP contribution in [0.25, 0.3) is 16.9 Å². The summed E-state index contributed by atoms with van der Waals surface area (Å²) < 4.78 is 3.93. The second-order valence-electron chi connectivity index (χ2n) is 4.94. The number of fused-ring (bicyclic) bond motifs is 1. The summed E-state index contributed by atoms with van der Waals surface area (Å²) in [6.07, 6.45) is 0. The summed E-state index contributed by atoms with van der Waals surface area (Å²) in [4.78, 5) is 37.5. The molecule has 9 nitrogen and oxygen atoms in total. The van der Waals surface area contributed by atoms with Gasteiger partial charge in [0, 0.05) is 31.9 Å². The Hall–Kier alpha value is -3.01. The molecule has 0 spiro atoms. The second kappa shape index (κ2) is 5.02. The molecule has 0 aliphatic heterocycles. The van der Waals surface area contributed by atoms with Crippen molar-refractivity contribution >= 4 is 29.1 Å². The van der Waals surface area contributed by atoms with Crippen LogP contribution in [0.15, 0.2) is 33.9 Å². The third kappa shape index (κ3) is 2.11. The van der Waals surface area contributed by atoms with Gasteiger partial charge in [0.15, 0.2) is 10.3 Å². The Morgan fingerprint density at radius 3 is 2.30 bits per heavy atom. The van der Waals surface area contributed by atoms with E-state index in [4.69, 9.17) is 12.2 Å². The lowest BCUT2D eigenvalue weighted by Gasteiger charge is -2.06. The van der Waals surface area contributed by atoms with Crippen LogP contribution in [-0.2, 0) is 14.1 Å². The maximum atomic E-state index is 12.4. The molecular formula is C13H11N5O4S. The molecule has 10 heteroatoms. The average molecular weight is 333 g/mol. The fourth-order valence-electron chi connectivity index (χ4n) is 2.40. The standard InChI is InChI=1S/C13H11N5O4S/c1-15-10-9(11(19)16(2)13(15)20)17(12(23)14-10)7-3-5-8(6-4-7)18(21)22/h3-6H,1-2H3,(H,14,23). The summed E-state index contributed by atoms with van der Waals surface area (Å²) in [6.45, 7) is 0. The van der Waals surface area contributed by atoms with Gasteiger partial charge in [-0.3, -0.25) is 28.6 Å². The Bertz CT molecular complexity index is 1120. The summed E-state index contributed by atoms with van der Waals surface area (Å²) in [5, 5.41) is 10.7. The van der Waals surface area contributed by atoms with E-state index in [1.54, 1.807) is 0 Å². The number of hydrogen-bond acceptors (Lipinski definition) is 5. The number of nitrogens with zero attached hydrogens (tertiary/aromatic N) is 4. The first kappa shape index (κ1) is 14.9. The zero-order valence-electron chi connectivity index (χ0n) is 12.1. The van der Waals surface area contributed by atoms with Crippen molar-refractivity contribution in [2.75, 3.05) is 0 Å². The maximum absolute atomic E-state index is 12.4. The average Bonchev–Trinajstić information content (AvgIpc) is 2.88. The Labute approximate surface area is 133 Å². The van der Waals surface area contributed by atoms with Gasteiger partial charge in [-0.15, -0.1) is 0 Å². The molecule has 0 aliphatic rings. The monoisotopic (exact) mass is 333 g/mol. The summed E-state index contributed by atoms with van der Waals surface area (Å²) in [5.41, 5.74) is -0.0682. The lowest BCUT2D eigenvalue weighted by Crippen LogP contribution is -2.37. The van der Waals surface area contributed by atoms with Gasteiger partial charge in [0.25, 0.3) is 11.2 Å². The minimum absolute atomic E-state index is 0.0691. The van der Waals surface area contributed by atoms with Crippen LogP contribution < -0.4 is 11.2 Å². The number of nitro groups is 1. The third-order valence-electron chi connectivity index (χ3n) is 3.61. The summed E-state index contributed by atoms with van der Waals surface area (Å²) in [7, 11) is 2.90. The first-order valence-corrected chi connectivity index (χ1v) is 6.89. The van der Waals surface area contributed by atoms with Crippen molar-refractivity contribution in [3.63, 3.8) is 0 Å². The lowest BCUT2D eigenvalue weighted by molar-refractivity contribution is -0.384. The number of aryl methyl sites for hydroxylation is 1. The summed E-state index contributed by atoms with van der Waals surface area (Å²) in [6, 6.07) is 5.63. The van der Waals surface area contributed by atoms with Gasteiger partial charge in [-0.25, -0.2) is 4.79 Å². The van der Waals surface area contributed by atoms with Crippen molar-refractivity contribution in [3.05, 3.63) is 60.0 Å². The van der Waals surface area contributed by atoms with Crippen molar-refractivity contribution in [2.24, 2.45) is 14.1 Å². The largest absolute Gasteiger partial charge is 0.332 e. The molecule has 1 aromatic carbocycles. The number of imidazole rings is 1. The molecule has 2 aromatic heterocycles. The van der Waals surface area contributed by atoms with Crippen LogP contribution in [0.5, 0.6) is 0 Å². The Balaban J connectivity index is 2.41. The van der Waals surface area contributed by atoms with Crippen LogP contribution in [0.3, 0.4) is 0 Å². The molecule has 0 saturated heterocycles. The predicted molar refractivity (Wildman–Crippen MR) is 85.6 cm³/mol. The zero-order valence-corrected chi connectivity index (χ0v) is 13.0. The fourth-order valence-corrected chi connectivity index (χ4v) is 2.69. The molecule has 0 fully saturated rings. The van der Waals surface area contributed by atoms with Crippen LogP contribution in [0.2, 0.25) is 0 Å². The number of non-ortho nitro benzene ring substituents is 1. The van der Waals surface area contributed by atoms with Crippen molar-refractivity contribution < 1.29 is 4.92 Å². The molecule has 3 rings (SSSR count). The highest BCUT2D eigenvalue weighted by Crippen LogP contribution is 2.19. The first-order chi connectivity index (χ1) is 10.8. The number of aromatic amines is 1. The lowest BCUT2D eigenvalue weighted by atomic mass is 10.3. The molecule has 0 radical (unpaired) electrons. The van der Waals surface area contributed by atoms with Gasteiger partial charge >= 0.3 is 5.69 Å². The molecule has 1 N–H and O–H groups in total. The van der Waals surface area contributed by atoms with Crippen molar-refractivity contribution in [1.82, 2.24) is 18.7 Å². The Morgan fingerprint density at radius 2 is 1.74 bits per heavy atom. The van der Waals surface area contributed by atoms with E-state index >= 15 is 0 Å². The van der Waals surface area contributed by atoms with Gasteiger partial charge in [-0.2, -0.15) is 0 Å². The van der Waals surface area contributed by atoms with Crippen molar-refractivity contribution in [3.8, 4) is 5.69 Å². The van der Waals surface area contributed by atoms with Gasteiger partial charge in [0.1, 0.15) is 5.65 Å². The number of H-pyrrole nitrogens is 1. The molecular weight excluding hydrogens is 322 g/mol. The van der Waals surface area contributed by atoms with E-state index in [1.165, 1.54) is 47.5 Å². The second-order valence-corrected chi connectivity index (χ2v) is 5.33. The van der Waals surface area contributed by atoms with Gasteiger partial charge < -0.3 is 4.98 Å². The highest BCUT2D eigenvalue weighted by atomic mass is 32.1. The number of rotatable bonds is 2. The molecule has 0 saturated carbocycles. The quantitative estimate of drug-likeness (QED) is 0.427. The molecule has 23 heavy (non-hydrogen) atoms. The SMILES string of the molecule is Cn1c(=O)c2c([nH]c(=S)n2-c2ccc([N+](=O)[O-])cc2)n(C)c1=O. The zero-order chi connectivity index (χ0) is 16.9. The van der Waals surface area contributed by atoms with E-state index in [0.717, 1.165) is 4.57 Å². The van der Waals surface area contributed by atoms with Crippen LogP contribution in [0.1, 0.15) is 0 Å². The number of nitro benzene ring substituents is 1. The molecule has 2 heterocycles. The number of aromatic nitrogens is 4. The molecule has 0 amide bonds. The highest BCUT2D eigenvalue weighted by molar-refractivity contribution is 7.71. The van der Waals surface area contributed by atoms with Gasteiger partial charge in [-0.1, -0.05) is 0 Å². The topological polar surface area (TPSA) is 108 Å². The van der Waals surface area contributed by atoms with Crippen LogP contribution in [0, 0.1) is 14.9 Å². The van der Waals surface area contributed by atoms with Gasteiger partial charge in [-0.05, 0) is 24.4 Å². The molecule has 3 aromatic rings. The van der Waals surface area contributed by atoms with Crippen molar-refractivity contribution in [1.29, 1.82) is 0 Å². The first-order valence-electron chi connectivity index (χ1n) is 6.48. The van der Waals surface area contributed by atoms with Crippen LogP contribution >= 0.6 is 12.2 Å². The third-order valence-corrected chi connectivity index (χ3v) is 3.90. The van der Waals surface area contributed by atoms with E-state index in [-0.39, 0.29) is 16.0 Å². The van der Waals surface area contributed by atoms with E-state index in [2.05, 4.69) is 4.98 Å². The van der Waals surface area contributed by atoms with E-state index in [1.807, 2.05) is 0 Å². The molecule has 0 aliphatic carbocycles.